The third-order valence-corrected chi connectivity index (χ3v) is 7.39. The molecule has 0 unspecified atom stereocenters. The van der Waals surface area contributed by atoms with E-state index in [1.165, 1.54) is 0 Å². The highest BCUT2D eigenvalue weighted by molar-refractivity contribution is 6.30. The van der Waals surface area contributed by atoms with Crippen LogP contribution in [0.15, 0.2) is 73.1 Å². The molecule has 7 nitrogen and oxygen atoms in total. The summed E-state index contributed by atoms with van der Waals surface area (Å²) in [6.07, 6.45) is 2.48. The Morgan fingerprint density at radius 1 is 0.895 bits per heavy atom. The highest BCUT2D eigenvalue weighted by Crippen LogP contribution is 2.35. The second-order valence-corrected chi connectivity index (χ2v) is 10.3. The van der Waals surface area contributed by atoms with Crippen molar-refractivity contribution in [1.82, 2.24) is 14.9 Å². The lowest BCUT2D eigenvalue weighted by atomic mass is 9.84. The van der Waals surface area contributed by atoms with Gasteiger partial charge in [-0.3, -0.25) is 9.59 Å². The second kappa shape index (κ2) is 11.4. The SMILES string of the molecule is O=C(O)CC(=O)N1CCC(Nc2ncnc3ccc(C(c4ccc(Cl)cc4)c4ccc(Cl)cc4)cc23)CC1. The van der Waals surface area contributed by atoms with E-state index >= 15 is 0 Å². The number of nitrogens with zero attached hydrogens (tertiary/aromatic N) is 3. The van der Waals surface area contributed by atoms with Gasteiger partial charge in [0.2, 0.25) is 5.91 Å². The van der Waals surface area contributed by atoms with Gasteiger partial charge in [-0.25, -0.2) is 9.97 Å². The number of hydrogen-bond donors (Lipinski definition) is 2. The van der Waals surface area contributed by atoms with Crippen LogP contribution in [0.4, 0.5) is 5.82 Å². The van der Waals surface area contributed by atoms with E-state index in [2.05, 4.69) is 27.4 Å². The van der Waals surface area contributed by atoms with Gasteiger partial charge in [0, 0.05) is 40.5 Å². The average molecular weight is 549 g/mol. The summed E-state index contributed by atoms with van der Waals surface area (Å²) in [5, 5.41) is 14.7. The first-order chi connectivity index (χ1) is 18.4. The normalized spacial score (nSPS) is 14.1. The van der Waals surface area contributed by atoms with E-state index in [4.69, 9.17) is 28.3 Å². The van der Waals surface area contributed by atoms with E-state index in [9.17, 15) is 9.59 Å². The molecule has 0 aliphatic carbocycles. The van der Waals surface area contributed by atoms with Crippen LogP contribution in [-0.4, -0.2) is 51.0 Å². The lowest BCUT2D eigenvalue weighted by Crippen LogP contribution is -2.43. The fraction of sp³-hybridized carbons (Fsp3) is 0.241. The molecule has 9 heteroatoms. The summed E-state index contributed by atoms with van der Waals surface area (Å²) in [5.41, 5.74) is 4.10. The van der Waals surface area contributed by atoms with Crippen LogP contribution in [0.3, 0.4) is 0 Å². The Morgan fingerprint density at radius 3 is 2.05 bits per heavy atom. The average Bonchev–Trinajstić information content (AvgIpc) is 2.91. The van der Waals surface area contributed by atoms with Crippen LogP contribution in [0, 0.1) is 0 Å². The number of carbonyl (C=O) groups excluding carboxylic acids is 1. The molecule has 0 spiro atoms. The lowest BCUT2D eigenvalue weighted by Gasteiger charge is -2.32. The van der Waals surface area contributed by atoms with Gasteiger partial charge in [0.15, 0.2) is 0 Å². The van der Waals surface area contributed by atoms with E-state index < -0.39 is 12.4 Å². The summed E-state index contributed by atoms with van der Waals surface area (Å²) in [5.74, 6) is -0.763. The number of aromatic nitrogens is 2. The smallest absolute Gasteiger partial charge is 0.312 e. The van der Waals surface area contributed by atoms with Crippen LogP contribution >= 0.6 is 23.2 Å². The van der Waals surface area contributed by atoms with Gasteiger partial charge < -0.3 is 15.3 Å². The van der Waals surface area contributed by atoms with E-state index in [1.807, 2.05) is 54.6 Å². The minimum Gasteiger partial charge on any atom is -0.481 e. The molecule has 4 aromatic rings. The fourth-order valence-corrected chi connectivity index (χ4v) is 5.22. The van der Waals surface area contributed by atoms with Gasteiger partial charge in [-0.2, -0.15) is 0 Å². The molecule has 194 valence electrons. The Labute approximate surface area is 230 Å². The molecule has 1 amide bonds. The Morgan fingerprint density at radius 2 is 1.47 bits per heavy atom. The van der Waals surface area contributed by atoms with Crippen molar-refractivity contribution in [2.24, 2.45) is 0 Å². The number of carbonyl (C=O) groups is 2. The Bertz CT molecular complexity index is 1410. The maximum Gasteiger partial charge on any atom is 0.312 e. The molecule has 1 aliphatic rings. The molecular weight excluding hydrogens is 523 g/mol. The molecule has 1 aromatic heterocycles. The molecular formula is C29H26Cl2N4O3. The van der Waals surface area contributed by atoms with Gasteiger partial charge in [-0.1, -0.05) is 53.5 Å². The van der Waals surface area contributed by atoms with Crippen LogP contribution in [-0.2, 0) is 9.59 Å². The molecule has 0 saturated carbocycles. The van der Waals surface area contributed by atoms with Gasteiger partial charge in [0.1, 0.15) is 18.6 Å². The first-order valence-corrected chi connectivity index (χ1v) is 13.1. The van der Waals surface area contributed by atoms with Crippen molar-refractivity contribution < 1.29 is 14.7 Å². The van der Waals surface area contributed by atoms with Crippen molar-refractivity contribution in [1.29, 1.82) is 0 Å². The maximum absolute atomic E-state index is 12.1. The van der Waals surface area contributed by atoms with Crippen molar-refractivity contribution in [2.45, 2.75) is 31.2 Å². The van der Waals surface area contributed by atoms with E-state index in [-0.39, 0.29) is 17.9 Å². The molecule has 3 aromatic carbocycles. The van der Waals surface area contributed by atoms with Crippen molar-refractivity contribution in [2.75, 3.05) is 18.4 Å². The number of amides is 1. The molecule has 38 heavy (non-hydrogen) atoms. The largest absolute Gasteiger partial charge is 0.481 e. The number of hydrogen-bond acceptors (Lipinski definition) is 5. The quantitative estimate of drug-likeness (QED) is 0.217. The van der Waals surface area contributed by atoms with Gasteiger partial charge >= 0.3 is 5.97 Å². The number of likely N-dealkylation sites (tertiary alicyclic amines) is 1. The summed E-state index contributed by atoms with van der Waals surface area (Å²) in [7, 11) is 0. The minimum atomic E-state index is -1.10. The molecule has 1 aliphatic heterocycles. The number of piperidine rings is 1. The van der Waals surface area contributed by atoms with Crippen LogP contribution in [0.25, 0.3) is 10.9 Å². The van der Waals surface area contributed by atoms with Crippen LogP contribution in [0.5, 0.6) is 0 Å². The van der Waals surface area contributed by atoms with Crippen LogP contribution < -0.4 is 5.32 Å². The summed E-state index contributed by atoms with van der Waals surface area (Å²) in [4.78, 5) is 33.6. The zero-order valence-corrected chi connectivity index (χ0v) is 22.0. The molecule has 0 bridgehead atoms. The first-order valence-electron chi connectivity index (χ1n) is 12.4. The highest BCUT2D eigenvalue weighted by atomic mass is 35.5. The third-order valence-electron chi connectivity index (χ3n) is 6.89. The van der Waals surface area contributed by atoms with E-state index in [0.29, 0.717) is 36.0 Å². The monoisotopic (exact) mass is 548 g/mol. The van der Waals surface area contributed by atoms with Gasteiger partial charge in [-0.15, -0.1) is 0 Å². The third kappa shape index (κ3) is 5.90. The number of rotatable bonds is 7. The minimum absolute atomic E-state index is 0.0505. The summed E-state index contributed by atoms with van der Waals surface area (Å²) < 4.78 is 0. The zero-order chi connectivity index (χ0) is 26.6. The van der Waals surface area contributed by atoms with Crippen molar-refractivity contribution in [3.8, 4) is 0 Å². The first kappa shape index (κ1) is 25.9. The van der Waals surface area contributed by atoms with Crippen LogP contribution in [0.2, 0.25) is 10.0 Å². The molecule has 0 atom stereocenters. The lowest BCUT2D eigenvalue weighted by molar-refractivity contribution is -0.144. The predicted molar refractivity (Wildman–Crippen MR) is 149 cm³/mol. The van der Waals surface area contributed by atoms with Gasteiger partial charge in [-0.05, 0) is 65.9 Å². The molecule has 2 heterocycles. The summed E-state index contributed by atoms with van der Waals surface area (Å²) >= 11 is 12.4. The van der Waals surface area contributed by atoms with Crippen molar-refractivity contribution in [3.63, 3.8) is 0 Å². The molecule has 1 fully saturated rings. The maximum atomic E-state index is 12.1. The molecule has 0 radical (unpaired) electrons. The van der Waals surface area contributed by atoms with Crippen molar-refractivity contribution in [3.05, 3.63) is 99.8 Å². The Balaban J connectivity index is 1.44. The van der Waals surface area contributed by atoms with Gasteiger partial charge in [0.25, 0.3) is 0 Å². The predicted octanol–water partition coefficient (Wildman–Crippen LogP) is 5.99. The molecule has 5 rings (SSSR count). The van der Waals surface area contributed by atoms with Crippen molar-refractivity contribution >= 4 is 51.8 Å². The number of aliphatic carboxylic acids is 1. The topological polar surface area (TPSA) is 95.4 Å². The number of nitrogens with one attached hydrogen (secondary N) is 1. The highest BCUT2D eigenvalue weighted by Gasteiger charge is 2.25. The summed E-state index contributed by atoms with van der Waals surface area (Å²) in [6.45, 7) is 1.01. The fourth-order valence-electron chi connectivity index (χ4n) is 4.96. The molecule has 1 saturated heterocycles. The summed E-state index contributed by atoms with van der Waals surface area (Å²) in [6, 6.07) is 22.0. The van der Waals surface area contributed by atoms with Gasteiger partial charge in [0.05, 0.1) is 5.52 Å². The standard InChI is InChI=1S/C29H26Cl2N4O3/c30-21-6-1-18(2-7-21)28(19-3-8-22(31)9-4-19)20-5-10-25-24(15-20)29(33-17-32-25)34-23-11-13-35(14-12-23)26(36)16-27(37)38/h1-10,15,17,23,28H,11-14,16H2,(H,37,38)(H,32,33,34). The van der Waals surface area contributed by atoms with E-state index in [1.54, 1.807) is 11.2 Å². The zero-order valence-electron chi connectivity index (χ0n) is 20.5. The number of carboxylic acid groups (broad SMARTS) is 1. The Hall–Kier alpha value is -3.68. The number of benzene rings is 3. The Kier molecular flexibility index (Phi) is 7.77. The second-order valence-electron chi connectivity index (χ2n) is 9.40. The van der Waals surface area contributed by atoms with Crippen LogP contribution in [0.1, 0.15) is 41.9 Å². The number of halogens is 2. The number of anilines is 1. The molecule has 2 N–H and O–H groups in total. The number of carboxylic acids is 1. The van der Waals surface area contributed by atoms with E-state index in [0.717, 1.165) is 33.4 Å². The number of fused-ring (bicyclic) bond motifs is 1.